The van der Waals surface area contributed by atoms with Crippen LogP contribution in [0, 0.1) is 11.6 Å². The molecule has 1 aromatic carbocycles. The van der Waals surface area contributed by atoms with E-state index in [1.165, 1.54) is 23.1 Å². The molecule has 0 unspecified atom stereocenters. The number of nitrogens with zero attached hydrogens (tertiary/aromatic N) is 2. The summed E-state index contributed by atoms with van der Waals surface area (Å²) in [7, 11) is 3.40. The molecule has 0 atom stereocenters. The summed E-state index contributed by atoms with van der Waals surface area (Å²) >= 11 is 0. The van der Waals surface area contributed by atoms with Crippen LogP contribution < -0.4 is 0 Å². The van der Waals surface area contributed by atoms with Crippen molar-refractivity contribution in [2.24, 2.45) is 0 Å². The smallest absolute Gasteiger partial charge is 0.319 e. The highest BCUT2D eigenvalue weighted by Gasteiger charge is 2.27. The average molecular weight is 268 g/mol. The van der Waals surface area contributed by atoms with Crippen molar-refractivity contribution in [1.82, 2.24) is 9.80 Å². The van der Waals surface area contributed by atoms with Crippen LogP contribution in [-0.2, 0) is 0 Å². The fourth-order valence-electron chi connectivity index (χ4n) is 2.54. The van der Waals surface area contributed by atoms with Gasteiger partial charge in [0.15, 0.2) is 0 Å². The van der Waals surface area contributed by atoms with E-state index in [-0.39, 0.29) is 17.5 Å². The molecule has 0 aliphatic carbocycles. The molecule has 0 N–H and O–H groups in total. The molecule has 0 aromatic heterocycles. The fourth-order valence-corrected chi connectivity index (χ4v) is 2.54. The molecule has 3 nitrogen and oxygen atoms in total. The predicted octanol–water partition coefficient (Wildman–Crippen LogP) is 2.83. The van der Waals surface area contributed by atoms with Crippen LogP contribution in [0.1, 0.15) is 24.3 Å². The van der Waals surface area contributed by atoms with Gasteiger partial charge in [-0.2, -0.15) is 0 Å². The molecule has 104 valence electrons. The first kappa shape index (κ1) is 13.8. The number of amides is 2. The maximum absolute atomic E-state index is 13.7. The minimum Gasteiger partial charge on any atom is -0.331 e. The molecule has 0 radical (unpaired) electrons. The number of benzene rings is 1. The minimum atomic E-state index is -0.489. The maximum atomic E-state index is 13.7. The van der Waals surface area contributed by atoms with Gasteiger partial charge in [0.25, 0.3) is 0 Å². The lowest BCUT2D eigenvalue weighted by atomic mass is 9.89. The monoisotopic (exact) mass is 268 g/mol. The summed E-state index contributed by atoms with van der Waals surface area (Å²) in [5.41, 5.74) is 0.166. The summed E-state index contributed by atoms with van der Waals surface area (Å²) in [6, 6.07) is 3.90. The Labute approximate surface area is 111 Å². The van der Waals surface area contributed by atoms with E-state index < -0.39 is 11.6 Å². The van der Waals surface area contributed by atoms with Crippen LogP contribution in [0.2, 0.25) is 0 Å². The van der Waals surface area contributed by atoms with E-state index in [4.69, 9.17) is 0 Å². The van der Waals surface area contributed by atoms with Crippen molar-refractivity contribution in [3.05, 3.63) is 35.4 Å². The number of rotatable bonds is 1. The van der Waals surface area contributed by atoms with Gasteiger partial charge in [-0.05, 0) is 30.9 Å². The molecular formula is C14H18F2N2O. The van der Waals surface area contributed by atoms with Crippen LogP contribution in [0.5, 0.6) is 0 Å². The van der Waals surface area contributed by atoms with E-state index in [1.54, 1.807) is 19.0 Å². The van der Waals surface area contributed by atoms with Crippen molar-refractivity contribution < 1.29 is 13.6 Å². The van der Waals surface area contributed by atoms with Crippen LogP contribution in [0.4, 0.5) is 13.6 Å². The number of likely N-dealkylation sites (tertiary alicyclic amines) is 1. The summed E-state index contributed by atoms with van der Waals surface area (Å²) < 4.78 is 27.4. The van der Waals surface area contributed by atoms with Gasteiger partial charge in [-0.25, -0.2) is 13.6 Å². The molecule has 1 aliphatic heterocycles. The second-order valence-electron chi connectivity index (χ2n) is 5.07. The Bertz CT molecular complexity index is 448. The Morgan fingerprint density at radius 2 is 1.74 bits per heavy atom. The SMILES string of the molecule is CN(C)C(=O)N1CCC(c2c(F)cccc2F)CC1. The molecule has 0 saturated carbocycles. The zero-order valence-electron chi connectivity index (χ0n) is 11.2. The number of piperidine rings is 1. The lowest BCUT2D eigenvalue weighted by molar-refractivity contribution is 0.155. The molecular weight excluding hydrogens is 250 g/mol. The molecule has 1 aromatic rings. The summed E-state index contributed by atoms with van der Waals surface area (Å²) in [5, 5.41) is 0. The van der Waals surface area contributed by atoms with Crippen LogP contribution >= 0.6 is 0 Å². The zero-order chi connectivity index (χ0) is 14.0. The quantitative estimate of drug-likeness (QED) is 0.768. The second kappa shape index (κ2) is 5.55. The number of hydrogen-bond donors (Lipinski definition) is 0. The van der Waals surface area contributed by atoms with Crippen molar-refractivity contribution in [2.45, 2.75) is 18.8 Å². The Hall–Kier alpha value is -1.65. The lowest BCUT2D eigenvalue weighted by Gasteiger charge is -2.34. The van der Waals surface area contributed by atoms with E-state index >= 15 is 0 Å². The van der Waals surface area contributed by atoms with Crippen LogP contribution in [0.25, 0.3) is 0 Å². The highest BCUT2D eigenvalue weighted by molar-refractivity contribution is 5.73. The highest BCUT2D eigenvalue weighted by Crippen LogP contribution is 2.31. The van der Waals surface area contributed by atoms with Gasteiger partial charge in [0.05, 0.1) is 0 Å². The summed E-state index contributed by atoms with van der Waals surface area (Å²) in [4.78, 5) is 15.0. The van der Waals surface area contributed by atoms with E-state index in [0.717, 1.165) is 0 Å². The molecule has 2 amide bonds. The van der Waals surface area contributed by atoms with Crippen molar-refractivity contribution in [3.8, 4) is 0 Å². The Kier molecular flexibility index (Phi) is 4.02. The molecule has 0 bridgehead atoms. The molecule has 19 heavy (non-hydrogen) atoms. The maximum Gasteiger partial charge on any atom is 0.319 e. The first-order chi connectivity index (χ1) is 9.00. The Morgan fingerprint density at radius 3 is 2.21 bits per heavy atom. The van der Waals surface area contributed by atoms with Crippen LogP contribution in [0.3, 0.4) is 0 Å². The van der Waals surface area contributed by atoms with E-state index in [0.29, 0.717) is 25.9 Å². The van der Waals surface area contributed by atoms with Gasteiger partial charge < -0.3 is 9.80 Å². The molecule has 5 heteroatoms. The van der Waals surface area contributed by atoms with E-state index in [2.05, 4.69) is 0 Å². The number of carbonyl (C=O) groups excluding carboxylic acids is 1. The third-order valence-corrected chi connectivity index (χ3v) is 3.56. The molecule has 1 heterocycles. The molecule has 0 spiro atoms. The van der Waals surface area contributed by atoms with Gasteiger partial charge in [-0.15, -0.1) is 0 Å². The topological polar surface area (TPSA) is 23.6 Å². The van der Waals surface area contributed by atoms with Crippen molar-refractivity contribution in [2.75, 3.05) is 27.2 Å². The first-order valence-corrected chi connectivity index (χ1v) is 6.41. The Balaban J connectivity index is 2.06. The van der Waals surface area contributed by atoms with Gasteiger partial charge in [-0.1, -0.05) is 6.07 Å². The number of halogens is 2. The third kappa shape index (κ3) is 2.85. The summed E-state index contributed by atoms with van der Waals surface area (Å²) in [5.74, 6) is -1.12. The normalized spacial score (nSPS) is 16.5. The van der Waals surface area contributed by atoms with Crippen molar-refractivity contribution in [3.63, 3.8) is 0 Å². The number of carbonyl (C=O) groups is 1. The highest BCUT2D eigenvalue weighted by atomic mass is 19.1. The largest absolute Gasteiger partial charge is 0.331 e. The Morgan fingerprint density at radius 1 is 1.21 bits per heavy atom. The van der Waals surface area contributed by atoms with Crippen molar-refractivity contribution in [1.29, 1.82) is 0 Å². The molecule has 1 saturated heterocycles. The van der Waals surface area contributed by atoms with Gasteiger partial charge in [0.1, 0.15) is 11.6 Å². The van der Waals surface area contributed by atoms with Crippen LogP contribution in [-0.4, -0.2) is 43.0 Å². The third-order valence-electron chi connectivity index (χ3n) is 3.56. The molecule has 1 fully saturated rings. The standard InChI is InChI=1S/C14H18F2N2O/c1-17(2)14(19)18-8-6-10(7-9-18)13-11(15)4-3-5-12(13)16/h3-5,10H,6-9H2,1-2H3. The van der Waals surface area contributed by atoms with Gasteiger partial charge in [-0.3, -0.25) is 0 Å². The van der Waals surface area contributed by atoms with Gasteiger partial charge in [0, 0.05) is 32.7 Å². The second-order valence-corrected chi connectivity index (χ2v) is 5.07. The van der Waals surface area contributed by atoms with E-state index in [9.17, 15) is 13.6 Å². The predicted molar refractivity (Wildman–Crippen MR) is 69.0 cm³/mol. The van der Waals surface area contributed by atoms with E-state index in [1.807, 2.05) is 0 Å². The molecule has 2 rings (SSSR count). The minimum absolute atomic E-state index is 0.0487. The lowest BCUT2D eigenvalue weighted by Crippen LogP contribution is -2.43. The average Bonchev–Trinajstić information content (AvgIpc) is 2.38. The summed E-state index contributed by atoms with van der Waals surface area (Å²) in [6.07, 6.45) is 1.19. The van der Waals surface area contributed by atoms with Crippen molar-refractivity contribution >= 4 is 6.03 Å². The first-order valence-electron chi connectivity index (χ1n) is 6.41. The number of urea groups is 1. The zero-order valence-corrected chi connectivity index (χ0v) is 11.2. The van der Waals surface area contributed by atoms with Gasteiger partial charge in [0.2, 0.25) is 0 Å². The summed E-state index contributed by atoms with van der Waals surface area (Å²) in [6.45, 7) is 1.07. The van der Waals surface area contributed by atoms with Crippen LogP contribution in [0.15, 0.2) is 18.2 Å². The molecule has 1 aliphatic rings. The fraction of sp³-hybridized carbons (Fsp3) is 0.500. The number of hydrogen-bond acceptors (Lipinski definition) is 1. The van der Waals surface area contributed by atoms with Gasteiger partial charge >= 0.3 is 6.03 Å².